The Bertz CT molecular complexity index is 1880. The number of carbonyl (C=O) groups is 1. The summed E-state index contributed by atoms with van der Waals surface area (Å²) in [7, 11) is -2.13. The minimum absolute atomic E-state index is 0.0267. The third-order valence-corrected chi connectivity index (χ3v) is 10.1. The van der Waals surface area contributed by atoms with E-state index in [1.54, 1.807) is 45.7 Å². The highest BCUT2D eigenvalue weighted by molar-refractivity contribution is 7.91. The summed E-state index contributed by atoms with van der Waals surface area (Å²) in [6, 6.07) is 5.17. The maximum atomic E-state index is 14.4. The van der Waals surface area contributed by atoms with Crippen molar-refractivity contribution in [2.45, 2.75) is 70.8 Å². The zero-order chi connectivity index (χ0) is 34.4. The number of aryl methyl sites for hydroxylation is 1. The number of nitrogens with one attached hydrogen (secondary N) is 1. The van der Waals surface area contributed by atoms with Crippen LogP contribution in [0.3, 0.4) is 0 Å². The van der Waals surface area contributed by atoms with E-state index in [-0.39, 0.29) is 39.8 Å². The highest BCUT2D eigenvalue weighted by atomic mass is 35.5. The summed E-state index contributed by atoms with van der Waals surface area (Å²) in [5, 5.41) is -0.850. The van der Waals surface area contributed by atoms with Crippen molar-refractivity contribution in [2.24, 2.45) is 5.92 Å². The highest BCUT2D eigenvalue weighted by Gasteiger charge is 2.37. The first kappa shape index (κ1) is 35.5. The summed E-state index contributed by atoms with van der Waals surface area (Å²) in [5.41, 5.74) is -3.45. The molecule has 4 rings (SSSR count). The molecule has 1 amide bonds. The monoisotopic (exact) mass is 686 g/mol. The van der Waals surface area contributed by atoms with Crippen LogP contribution < -0.4 is 11.2 Å². The molecule has 0 bridgehead atoms. The normalized spacial score (nSPS) is 16.3. The summed E-state index contributed by atoms with van der Waals surface area (Å²) < 4.78 is 74.8. The summed E-state index contributed by atoms with van der Waals surface area (Å²) in [5.74, 6) is -0.251. The summed E-state index contributed by atoms with van der Waals surface area (Å²) >= 11 is 6.54. The number of carbonyl (C=O) groups excluding carboxylic acids is 1. The number of alkyl halides is 3. The van der Waals surface area contributed by atoms with Crippen LogP contribution in [0, 0.1) is 12.8 Å². The van der Waals surface area contributed by atoms with Gasteiger partial charge in [0.2, 0.25) is 0 Å². The van der Waals surface area contributed by atoms with Gasteiger partial charge in [-0.3, -0.25) is 14.3 Å². The molecule has 0 radical (unpaired) electrons. The van der Waals surface area contributed by atoms with Crippen LogP contribution in [0.2, 0.25) is 5.02 Å². The molecule has 0 spiro atoms. The molecule has 1 fully saturated rings. The van der Waals surface area contributed by atoms with Crippen molar-refractivity contribution in [1.29, 1.82) is 0 Å². The second kappa shape index (κ2) is 13.0. The molecule has 15 heteroatoms. The fraction of sp³-hybridized carbons (Fsp3) is 0.516. The fourth-order valence-corrected chi connectivity index (χ4v) is 7.06. The molecule has 1 N–H and O–H groups in total. The van der Waals surface area contributed by atoms with E-state index < -0.39 is 61.5 Å². The average Bonchev–Trinajstić information content (AvgIpc) is 3.37. The smallest absolute Gasteiger partial charge is 0.416 e. The lowest BCUT2D eigenvalue weighted by molar-refractivity contribution is -0.138. The number of rotatable bonds is 8. The van der Waals surface area contributed by atoms with Crippen LogP contribution in [0.4, 0.5) is 18.0 Å². The van der Waals surface area contributed by atoms with E-state index in [2.05, 4.69) is 4.98 Å². The van der Waals surface area contributed by atoms with Crippen molar-refractivity contribution < 1.29 is 31.1 Å². The third kappa shape index (κ3) is 7.77. The second-order valence-corrected chi connectivity index (χ2v) is 15.3. The number of likely N-dealkylation sites (tertiary alicyclic amines) is 1. The van der Waals surface area contributed by atoms with Crippen molar-refractivity contribution in [3.63, 3.8) is 0 Å². The molecule has 3 aromatic rings. The Morgan fingerprint density at radius 3 is 2.43 bits per heavy atom. The van der Waals surface area contributed by atoms with Gasteiger partial charge in [0.25, 0.3) is 5.56 Å². The number of benzene rings is 2. The molecule has 2 heterocycles. The van der Waals surface area contributed by atoms with Gasteiger partial charge in [0, 0.05) is 26.7 Å². The molecule has 0 saturated carbocycles. The van der Waals surface area contributed by atoms with Crippen LogP contribution in [0.25, 0.3) is 10.9 Å². The third-order valence-electron chi connectivity index (χ3n) is 7.87. The Hall–Kier alpha value is -3.36. The second-order valence-electron chi connectivity index (χ2n) is 12.7. The Morgan fingerprint density at radius 2 is 1.83 bits per heavy atom. The van der Waals surface area contributed by atoms with Gasteiger partial charge in [0.15, 0.2) is 9.84 Å². The molecule has 1 saturated heterocycles. The van der Waals surface area contributed by atoms with E-state index in [9.17, 15) is 36.0 Å². The topological polar surface area (TPSA) is 122 Å². The Morgan fingerprint density at radius 1 is 1.15 bits per heavy atom. The summed E-state index contributed by atoms with van der Waals surface area (Å²) in [6.45, 7) is 8.91. The number of amides is 1. The van der Waals surface area contributed by atoms with E-state index >= 15 is 0 Å². The van der Waals surface area contributed by atoms with Crippen LogP contribution in [-0.4, -0.2) is 71.9 Å². The maximum Gasteiger partial charge on any atom is 0.416 e. The van der Waals surface area contributed by atoms with Crippen LogP contribution >= 0.6 is 11.6 Å². The summed E-state index contributed by atoms with van der Waals surface area (Å²) in [6.07, 6.45) is -4.76. The number of H-pyrrole nitrogens is 1. The predicted molar refractivity (Wildman–Crippen MR) is 169 cm³/mol. The lowest BCUT2D eigenvalue weighted by Crippen LogP contribution is -2.37. The first-order valence-corrected chi connectivity index (χ1v) is 16.8. The number of aromatic amines is 1. The maximum absolute atomic E-state index is 14.4. The molecule has 10 nitrogen and oxygen atoms in total. The van der Waals surface area contributed by atoms with Gasteiger partial charge in [-0.25, -0.2) is 18.0 Å². The molecule has 1 aromatic heterocycles. The van der Waals surface area contributed by atoms with Crippen molar-refractivity contribution in [3.8, 4) is 0 Å². The Balaban J connectivity index is 1.69. The van der Waals surface area contributed by atoms with Crippen molar-refractivity contribution in [2.75, 3.05) is 32.4 Å². The number of fused-ring (bicyclic) bond motifs is 1. The standard InChI is InChI=1S/C31H38ClF3N4O6S/c1-7-46(43,44)24-9-8-18(2)12-20(24)16-39-27(40)21-13-23(31(33,34)35)22(25(32)26(21)36-28(39)41)17-38-11-10-19(15-38)14-37(6)29(42)45-30(3,4)5/h8-9,12-13,19H,7,10-11,14-17H2,1-6H3,(H,36,41)/t19-/m0/s1. The quantitative estimate of drug-likeness (QED) is 0.346. The predicted octanol–water partition coefficient (Wildman–Crippen LogP) is 5.20. The highest BCUT2D eigenvalue weighted by Crippen LogP contribution is 2.39. The summed E-state index contributed by atoms with van der Waals surface area (Å²) in [4.78, 5) is 44.7. The molecule has 0 aliphatic carbocycles. The molecule has 0 unspecified atom stereocenters. The number of aromatic nitrogens is 2. The van der Waals surface area contributed by atoms with E-state index in [0.29, 0.717) is 42.3 Å². The lowest BCUT2D eigenvalue weighted by atomic mass is 10.0. The van der Waals surface area contributed by atoms with Gasteiger partial charge in [0.1, 0.15) is 5.60 Å². The lowest BCUT2D eigenvalue weighted by Gasteiger charge is -2.26. The largest absolute Gasteiger partial charge is 0.444 e. The van der Waals surface area contributed by atoms with Gasteiger partial charge < -0.3 is 14.6 Å². The molecule has 1 aliphatic heterocycles. The first-order chi connectivity index (χ1) is 21.2. The molecule has 252 valence electrons. The van der Waals surface area contributed by atoms with Gasteiger partial charge in [-0.2, -0.15) is 13.2 Å². The van der Waals surface area contributed by atoms with Crippen LogP contribution in [0.15, 0.2) is 38.8 Å². The van der Waals surface area contributed by atoms with Crippen LogP contribution in [-0.2, 0) is 33.8 Å². The number of ether oxygens (including phenoxy) is 1. The molecule has 1 aliphatic rings. The van der Waals surface area contributed by atoms with E-state index in [4.69, 9.17) is 16.3 Å². The van der Waals surface area contributed by atoms with Crippen molar-refractivity contribution >= 4 is 38.4 Å². The average molecular weight is 687 g/mol. The minimum atomic E-state index is -4.88. The molecule has 46 heavy (non-hydrogen) atoms. The van der Waals surface area contributed by atoms with Gasteiger partial charge in [-0.15, -0.1) is 0 Å². The van der Waals surface area contributed by atoms with E-state index in [1.165, 1.54) is 24.0 Å². The van der Waals surface area contributed by atoms with Crippen LogP contribution in [0.1, 0.15) is 56.4 Å². The van der Waals surface area contributed by atoms with Crippen molar-refractivity contribution in [3.05, 3.63) is 72.4 Å². The number of hydrogen-bond donors (Lipinski definition) is 1. The number of hydrogen-bond acceptors (Lipinski definition) is 7. The van der Waals surface area contributed by atoms with Gasteiger partial charge >= 0.3 is 18.0 Å². The first-order valence-electron chi connectivity index (χ1n) is 14.8. The van der Waals surface area contributed by atoms with E-state index in [1.807, 2.05) is 0 Å². The number of halogens is 4. The van der Waals surface area contributed by atoms with Gasteiger partial charge in [-0.1, -0.05) is 36.2 Å². The number of sulfone groups is 1. The molecule has 1 atom stereocenters. The van der Waals surface area contributed by atoms with Crippen molar-refractivity contribution in [1.82, 2.24) is 19.4 Å². The van der Waals surface area contributed by atoms with Gasteiger partial charge in [-0.05, 0) is 69.8 Å². The molecule has 2 aromatic carbocycles. The number of nitrogens with zero attached hydrogens (tertiary/aromatic N) is 3. The SMILES string of the molecule is CCS(=O)(=O)c1ccc(C)cc1Cn1c(=O)[nH]c2c(Cl)c(CN3CC[C@@H](CN(C)C(=O)OC(C)(C)C)C3)c(C(F)(F)F)cc2c1=O. The fourth-order valence-electron chi connectivity index (χ4n) is 5.64. The molecular formula is C31H38ClF3N4O6S. The van der Waals surface area contributed by atoms with E-state index in [0.717, 1.165) is 0 Å². The zero-order valence-electron chi connectivity index (χ0n) is 26.5. The van der Waals surface area contributed by atoms with Crippen LogP contribution in [0.5, 0.6) is 0 Å². The zero-order valence-corrected chi connectivity index (χ0v) is 28.1. The Kier molecular flexibility index (Phi) is 10.1. The Labute approximate surface area is 270 Å². The minimum Gasteiger partial charge on any atom is -0.444 e. The molecular weight excluding hydrogens is 649 g/mol. The van der Waals surface area contributed by atoms with Gasteiger partial charge in [0.05, 0.1) is 38.7 Å².